The van der Waals surface area contributed by atoms with Crippen LogP contribution in [-0.2, 0) is 4.79 Å². The molecule has 4 heteroatoms. The number of hydrogen-bond acceptors (Lipinski definition) is 3. The zero-order chi connectivity index (χ0) is 18.2. The topological polar surface area (TPSA) is 50.7 Å². The maximum atomic E-state index is 12.0. The fourth-order valence-corrected chi connectivity index (χ4v) is 2.55. The monoisotopic (exact) mass is 344 g/mol. The summed E-state index contributed by atoms with van der Waals surface area (Å²) in [6.45, 7) is 1.91. The van der Waals surface area contributed by atoms with E-state index in [1.807, 2.05) is 85.8 Å². The number of aryl methyl sites for hydroxylation is 1. The number of para-hydroxylation sites is 1. The Morgan fingerprint density at radius 2 is 1.77 bits per heavy atom. The van der Waals surface area contributed by atoms with Gasteiger partial charge in [0.25, 0.3) is 5.91 Å². The van der Waals surface area contributed by atoms with Crippen LogP contribution in [0.4, 0.5) is 0 Å². The van der Waals surface area contributed by atoms with Crippen molar-refractivity contribution < 1.29 is 9.53 Å². The Balaban J connectivity index is 1.58. The van der Waals surface area contributed by atoms with Crippen LogP contribution >= 0.6 is 0 Å². The van der Waals surface area contributed by atoms with Gasteiger partial charge in [-0.2, -0.15) is 5.10 Å². The van der Waals surface area contributed by atoms with Crippen molar-refractivity contribution in [1.82, 2.24) is 5.43 Å². The molecule has 0 heterocycles. The van der Waals surface area contributed by atoms with Crippen LogP contribution in [0, 0.1) is 6.92 Å². The molecule has 0 fully saturated rings. The van der Waals surface area contributed by atoms with Gasteiger partial charge < -0.3 is 4.74 Å². The van der Waals surface area contributed by atoms with E-state index in [1.165, 1.54) is 0 Å². The smallest absolute Gasteiger partial charge is 0.277 e. The molecule has 0 saturated carbocycles. The third-order valence-corrected chi connectivity index (χ3v) is 3.78. The molecule has 0 atom stereocenters. The molecule has 0 saturated heterocycles. The summed E-state index contributed by atoms with van der Waals surface area (Å²) in [6.07, 6.45) is 1.61. The molecular formula is C22H20N2O2. The predicted molar refractivity (Wildman–Crippen MR) is 104 cm³/mol. The highest BCUT2D eigenvalue weighted by atomic mass is 16.5. The average molecular weight is 344 g/mol. The number of hydrogen-bond donors (Lipinski definition) is 1. The second kappa shape index (κ2) is 8.62. The lowest BCUT2D eigenvalue weighted by molar-refractivity contribution is -0.123. The van der Waals surface area contributed by atoms with E-state index in [1.54, 1.807) is 6.21 Å². The van der Waals surface area contributed by atoms with E-state index < -0.39 is 0 Å². The number of carbonyl (C=O) groups excluding carboxylic acids is 1. The van der Waals surface area contributed by atoms with Gasteiger partial charge in [-0.05, 0) is 24.1 Å². The molecule has 3 aromatic carbocycles. The molecule has 1 amide bonds. The Hall–Kier alpha value is -3.40. The fraction of sp³-hybridized carbons (Fsp3) is 0.0909. The number of rotatable bonds is 6. The molecule has 0 aliphatic heterocycles. The molecule has 130 valence electrons. The van der Waals surface area contributed by atoms with Crippen molar-refractivity contribution in [2.24, 2.45) is 5.10 Å². The highest BCUT2D eigenvalue weighted by Crippen LogP contribution is 2.29. The standard InChI is InChI=1S/C22H20N2O2/c1-17-8-7-9-18(14-17)15-23-24-22(25)16-26-21-13-6-5-12-20(21)19-10-3-2-4-11-19/h2-15H,16H2,1H3,(H,24,25)/b23-15-. The van der Waals surface area contributed by atoms with Gasteiger partial charge in [-0.25, -0.2) is 5.43 Å². The van der Waals surface area contributed by atoms with E-state index in [-0.39, 0.29) is 12.5 Å². The number of nitrogens with one attached hydrogen (secondary N) is 1. The van der Waals surface area contributed by atoms with Crippen LogP contribution in [0.5, 0.6) is 5.75 Å². The molecule has 0 unspecified atom stereocenters. The molecule has 3 rings (SSSR count). The third-order valence-electron chi connectivity index (χ3n) is 3.78. The van der Waals surface area contributed by atoms with Crippen molar-refractivity contribution in [2.75, 3.05) is 6.61 Å². The first-order valence-electron chi connectivity index (χ1n) is 8.38. The molecule has 1 N–H and O–H groups in total. The van der Waals surface area contributed by atoms with Gasteiger partial charge in [0.05, 0.1) is 6.21 Å². The second-order valence-corrected chi connectivity index (χ2v) is 5.86. The Morgan fingerprint density at radius 3 is 2.58 bits per heavy atom. The van der Waals surface area contributed by atoms with Crippen LogP contribution in [0.2, 0.25) is 0 Å². The quantitative estimate of drug-likeness (QED) is 0.538. The Morgan fingerprint density at radius 1 is 1.00 bits per heavy atom. The number of hydrazone groups is 1. The number of ether oxygens (including phenoxy) is 1. The van der Waals surface area contributed by atoms with Crippen LogP contribution in [0.1, 0.15) is 11.1 Å². The summed E-state index contributed by atoms with van der Waals surface area (Å²) in [5.41, 5.74) is 6.55. The van der Waals surface area contributed by atoms with Gasteiger partial charge in [0.15, 0.2) is 6.61 Å². The van der Waals surface area contributed by atoms with E-state index in [9.17, 15) is 4.79 Å². The van der Waals surface area contributed by atoms with Crippen molar-refractivity contribution in [3.63, 3.8) is 0 Å². The van der Waals surface area contributed by atoms with Crippen molar-refractivity contribution >= 4 is 12.1 Å². The summed E-state index contributed by atoms with van der Waals surface area (Å²) in [4.78, 5) is 12.0. The number of amides is 1. The van der Waals surface area contributed by atoms with Gasteiger partial charge in [-0.15, -0.1) is 0 Å². The van der Waals surface area contributed by atoms with Crippen molar-refractivity contribution in [2.45, 2.75) is 6.92 Å². The summed E-state index contributed by atoms with van der Waals surface area (Å²) in [7, 11) is 0. The Kier molecular flexibility index (Phi) is 5.78. The first kappa shape index (κ1) is 17.4. The number of carbonyl (C=O) groups is 1. The molecule has 0 aliphatic rings. The second-order valence-electron chi connectivity index (χ2n) is 5.86. The summed E-state index contributed by atoms with van der Waals surface area (Å²) in [5.74, 6) is 0.355. The lowest BCUT2D eigenvalue weighted by atomic mass is 10.1. The molecule has 0 aliphatic carbocycles. The predicted octanol–water partition coefficient (Wildman–Crippen LogP) is 4.19. The molecule has 3 aromatic rings. The van der Waals surface area contributed by atoms with Crippen LogP contribution in [0.25, 0.3) is 11.1 Å². The third kappa shape index (κ3) is 4.80. The summed E-state index contributed by atoms with van der Waals surface area (Å²) in [6, 6.07) is 25.4. The largest absolute Gasteiger partial charge is 0.483 e. The number of benzene rings is 3. The molecule has 26 heavy (non-hydrogen) atoms. The highest BCUT2D eigenvalue weighted by Gasteiger charge is 2.07. The fourth-order valence-electron chi connectivity index (χ4n) is 2.55. The van der Waals surface area contributed by atoms with Crippen LogP contribution in [0.3, 0.4) is 0 Å². The zero-order valence-corrected chi connectivity index (χ0v) is 14.6. The lowest BCUT2D eigenvalue weighted by Crippen LogP contribution is -2.24. The maximum absolute atomic E-state index is 12.0. The summed E-state index contributed by atoms with van der Waals surface area (Å²) >= 11 is 0. The van der Waals surface area contributed by atoms with Crippen molar-refractivity contribution in [3.8, 4) is 16.9 Å². The minimum absolute atomic E-state index is 0.102. The van der Waals surface area contributed by atoms with E-state index in [4.69, 9.17) is 4.74 Å². The maximum Gasteiger partial charge on any atom is 0.277 e. The van der Waals surface area contributed by atoms with E-state index >= 15 is 0 Å². The summed E-state index contributed by atoms with van der Waals surface area (Å²) in [5, 5.41) is 3.97. The highest BCUT2D eigenvalue weighted by molar-refractivity contribution is 5.83. The molecule has 0 bridgehead atoms. The average Bonchev–Trinajstić information content (AvgIpc) is 2.67. The van der Waals surface area contributed by atoms with E-state index in [0.29, 0.717) is 5.75 Å². The molecule has 4 nitrogen and oxygen atoms in total. The van der Waals surface area contributed by atoms with E-state index in [2.05, 4.69) is 10.5 Å². The van der Waals surface area contributed by atoms with Crippen LogP contribution < -0.4 is 10.2 Å². The van der Waals surface area contributed by atoms with Gasteiger partial charge in [0.2, 0.25) is 0 Å². The summed E-state index contributed by atoms with van der Waals surface area (Å²) < 4.78 is 5.69. The normalized spacial score (nSPS) is 10.7. The molecule has 0 spiro atoms. The first-order valence-corrected chi connectivity index (χ1v) is 8.38. The van der Waals surface area contributed by atoms with Gasteiger partial charge in [-0.3, -0.25) is 4.79 Å². The molecular weight excluding hydrogens is 324 g/mol. The van der Waals surface area contributed by atoms with Crippen molar-refractivity contribution in [3.05, 3.63) is 90.0 Å². The zero-order valence-electron chi connectivity index (χ0n) is 14.6. The van der Waals surface area contributed by atoms with Gasteiger partial charge >= 0.3 is 0 Å². The minimum atomic E-state index is -0.309. The molecule has 0 aromatic heterocycles. The van der Waals surface area contributed by atoms with Gasteiger partial charge in [0, 0.05) is 5.56 Å². The Bertz CT molecular complexity index is 905. The first-order chi connectivity index (χ1) is 12.7. The minimum Gasteiger partial charge on any atom is -0.483 e. The Labute approximate surface area is 153 Å². The van der Waals surface area contributed by atoms with Gasteiger partial charge in [0.1, 0.15) is 5.75 Å². The van der Waals surface area contributed by atoms with Crippen molar-refractivity contribution in [1.29, 1.82) is 0 Å². The van der Waals surface area contributed by atoms with Crippen LogP contribution in [-0.4, -0.2) is 18.7 Å². The van der Waals surface area contributed by atoms with Gasteiger partial charge in [-0.1, -0.05) is 78.4 Å². The van der Waals surface area contributed by atoms with Crippen LogP contribution in [0.15, 0.2) is 84.0 Å². The molecule has 0 radical (unpaired) electrons. The SMILES string of the molecule is Cc1cccc(/C=N\NC(=O)COc2ccccc2-c2ccccc2)c1. The van der Waals surface area contributed by atoms with E-state index in [0.717, 1.165) is 22.3 Å². The lowest BCUT2D eigenvalue weighted by Gasteiger charge is -2.10. The number of nitrogens with zero attached hydrogens (tertiary/aromatic N) is 1.